The normalized spacial score (nSPS) is 19.8. The summed E-state index contributed by atoms with van der Waals surface area (Å²) >= 11 is 0. The van der Waals surface area contributed by atoms with Crippen molar-refractivity contribution in [1.29, 1.82) is 0 Å². The van der Waals surface area contributed by atoms with Crippen LogP contribution in [0.1, 0.15) is 0 Å². The minimum atomic E-state index is -3.10. The largest absolute Gasteiger partial charge is 0.497 e. The van der Waals surface area contributed by atoms with Crippen molar-refractivity contribution >= 4 is 21.4 Å². The molecule has 0 aromatic heterocycles. The molecule has 1 aromatic carbocycles. The number of carbonyl (C=O) groups is 1. The molecule has 108 valence electrons. The Morgan fingerprint density at radius 3 is 2.90 bits per heavy atom. The third-order valence-electron chi connectivity index (χ3n) is 2.81. The highest BCUT2D eigenvalue weighted by molar-refractivity contribution is 7.94. The van der Waals surface area contributed by atoms with Gasteiger partial charge in [-0.25, -0.2) is 8.42 Å². The van der Waals surface area contributed by atoms with E-state index in [1.54, 1.807) is 37.5 Å². The molecule has 1 aromatic rings. The van der Waals surface area contributed by atoms with Gasteiger partial charge < -0.3 is 15.4 Å². The lowest BCUT2D eigenvalue weighted by Gasteiger charge is -2.10. The summed E-state index contributed by atoms with van der Waals surface area (Å²) in [7, 11) is -1.55. The number of rotatable bonds is 5. The van der Waals surface area contributed by atoms with Crippen molar-refractivity contribution in [3.63, 3.8) is 0 Å². The summed E-state index contributed by atoms with van der Waals surface area (Å²) in [6.07, 6.45) is 1.55. The van der Waals surface area contributed by atoms with E-state index in [1.165, 1.54) is 5.41 Å². The molecule has 0 spiro atoms. The maximum absolute atomic E-state index is 11.7. The highest BCUT2D eigenvalue weighted by Crippen LogP contribution is 2.16. The van der Waals surface area contributed by atoms with E-state index in [1.807, 2.05) is 0 Å². The van der Waals surface area contributed by atoms with Crippen LogP contribution in [0, 0.1) is 0 Å². The Labute approximate surface area is 117 Å². The fourth-order valence-corrected chi connectivity index (χ4v) is 3.10. The Hall–Kier alpha value is -1.86. The number of carbonyl (C=O) groups excluding carboxylic acids is 1. The molecule has 0 bridgehead atoms. The Morgan fingerprint density at radius 2 is 2.25 bits per heavy atom. The Morgan fingerprint density at radius 1 is 1.45 bits per heavy atom. The van der Waals surface area contributed by atoms with Gasteiger partial charge in [0, 0.05) is 23.2 Å². The third kappa shape index (κ3) is 4.07. The molecule has 1 unspecified atom stereocenters. The molecule has 2 rings (SSSR count). The lowest BCUT2D eigenvalue weighted by Crippen LogP contribution is -2.36. The topological polar surface area (TPSA) is 84.5 Å². The van der Waals surface area contributed by atoms with Crippen LogP contribution in [-0.2, 0) is 14.6 Å². The van der Waals surface area contributed by atoms with E-state index in [-0.39, 0.29) is 24.2 Å². The zero-order valence-electron chi connectivity index (χ0n) is 11.0. The lowest BCUT2D eigenvalue weighted by molar-refractivity contribution is -0.115. The number of methoxy groups -OCH3 is 1. The first-order valence-electron chi connectivity index (χ1n) is 6.07. The predicted molar refractivity (Wildman–Crippen MR) is 76.3 cm³/mol. The first kappa shape index (κ1) is 14.5. The Bertz CT molecular complexity index is 625. The van der Waals surface area contributed by atoms with Crippen molar-refractivity contribution in [3.05, 3.63) is 35.7 Å². The number of ether oxygens (including phenoxy) is 1. The van der Waals surface area contributed by atoms with Crippen LogP contribution in [0.25, 0.3) is 0 Å². The van der Waals surface area contributed by atoms with Crippen LogP contribution in [0.3, 0.4) is 0 Å². The summed E-state index contributed by atoms with van der Waals surface area (Å²) < 4.78 is 27.5. The van der Waals surface area contributed by atoms with Gasteiger partial charge in [-0.2, -0.15) is 0 Å². The van der Waals surface area contributed by atoms with Gasteiger partial charge in [-0.15, -0.1) is 0 Å². The number of hydrogen-bond donors (Lipinski definition) is 2. The zero-order valence-corrected chi connectivity index (χ0v) is 11.8. The third-order valence-corrected chi connectivity index (χ3v) is 4.20. The van der Waals surface area contributed by atoms with E-state index in [0.29, 0.717) is 11.4 Å². The number of sulfone groups is 1. The van der Waals surface area contributed by atoms with Crippen molar-refractivity contribution in [1.82, 2.24) is 5.32 Å². The smallest absolute Gasteiger partial charge is 0.238 e. The van der Waals surface area contributed by atoms with Gasteiger partial charge in [0.25, 0.3) is 0 Å². The summed E-state index contributed by atoms with van der Waals surface area (Å²) in [5.74, 6) is 0.413. The molecule has 0 aliphatic carbocycles. The van der Waals surface area contributed by atoms with Crippen molar-refractivity contribution in [2.24, 2.45) is 0 Å². The molecule has 1 amide bonds. The van der Waals surface area contributed by atoms with Gasteiger partial charge in [-0.3, -0.25) is 4.79 Å². The standard InChI is InChI=1S/C13H16N2O4S/c1-19-12-4-2-3-10(7-12)15-13(16)8-14-11-5-6-20(17,18)9-11/h2-7,11,14H,8-9H2,1H3,(H,15,16). The van der Waals surface area contributed by atoms with Crippen LogP contribution in [0.2, 0.25) is 0 Å². The molecule has 20 heavy (non-hydrogen) atoms. The Kier molecular flexibility index (Phi) is 4.41. The zero-order chi connectivity index (χ0) is 14.6. The van der Waals surface area contributed by atoms with Crippen LogP contribution < -0.4 is 15.4 Å². The van der Waals surface area contributed by atoms with Crippen molar-refractivity contribution in [2.45, 2.75) is 6.04 Å². The van der Waals surface area contributed by atoms with Crippen molar-refractivity contribution < 1.29 is 17.9 Å². The van der Waals surface area contributed by atoms with Crippen LogP contribution in [0.4, 0.5) is 5.69 Å². The molecule has 0 saturated carbocycles. The van der Waals surface area contributed by atoms with Crippen LogP contribution in [-0.4, -0.2) is 39.8 Å². The summed E-state index contributed by atoms with van der Waals surface area (Å²) in [6.45, 7) is 0.0434. The molecular weight excluding hydrogens is 280 g/mol. The molecule has 0 radical (unpaired) electrons. The fourth-order valence-electron chi connectivity index (χ4n) is 1.83. The second kappa shape index (κ2) is 6.06. The van der Waals surface area contributed by atoms with E-state index in [2.05, 4.69) is 10.6 Å². The number of benzene rings is 1. The molecule has 7 heteroatoms. The average Bonchev–Trinajstić information content (AvgIpc) is 2.76. The van der Waals surface area contributed by atoms with Gasteiger partial charge in [0.15, 0.2) is 9.84 Å². The second-order valence-corrected chi connectivity index (χ2v) is 6.36. The van der Waals surface area contributed by atoms with Gasteiger partial charge in [0.1, 0.15) is 5.75 Å². The quantitative estimate of drug-likeness (QED) is 0.828. The van der Waals surface area contributed by atoms with Crippen LogP contribution in [0.15, 0.2) is 35.7 Å². The molecule has 6 nitrogen and oxygen atoms in total. The number of amides is 1. The van der Waals surface area contributed by atoms with Crippen LogP contribution >= 0.6 is 0 Å². The summed E-state index contributed by atoms with van der Waals surface area (Å²) in [4.78, 5) is 11.7. The van der Waals surface area contributed by atoms with Crippen LogP contribution in [0.5, 0.6) is 5.75 Å². The second-order valence-electron chi connectivity index (χ2n) is 4.43. The number of anilines is 1. The molecule has 0 saturated heterocycles. The summed E-state index contributed by atoms with van der Waals surface area (Å²) in [6, 6.07) is 6.70. The maximum Gasteiger partial charge on any atom is 0.238 e. The highest BCUT2D eigenvalue weighted by atomic mass is 32.2. The average molecular weight is 296 g/mol. The van der Waals surface area contributed by atoms with E-state index in [4.69, 9.17) is 4.74 Å². The van der Waals surface area contributed by atoms with Gasteiger partial charge in [0.2, 0.25) is 5.91 Å². The first-order valence-corrected chi connectivity index (χ1v) is 7.78. The van der Waals surface area contributed by atoms with E-state index < -0.39 is 9.84 Å². The molecule has 1 aliphatic heterocycles. The summed E-state index contributed by atoms with van der Waals surface area (Å²) in [5, 5.41) is 6.75. The molecule has 0 fully saturated rings. The van der Waals surface area contributed by atoms with E-state index >= 15 is 0 Å². The molecule has 1 aliphatic rings. The number of hydrogen-bond acceptors (Lipinski definition) is 5. The molecular formula is C13H16N2O4S. The summed E-state index contributed by atoms with van der Waals surface area (Å²) in [5.41, 5.74) is 0.630. The van der Waals surface area contributed by atoms with Crippen molar-refractivity contribution in [3.8, 4) is 5.75 Å². The van der Waals surface area contributed by atoms with E-state index in [9.17, 15) is 13.2 Å². The SMILES string of the molecule is COc1cccc(NC(=O)CNC2C=CS(=O)(=O)C2)c1. The van der Waals surface area contributed by atoms with Gasteiger partial charge in [-0.05, 0) is 12.1 Å². The monoisotopic (exact) mass is 296 g/mol. The fraction of sp³-hybridized carbons (Fsp3) is 0.308. The van der Waals surface area contributed by atoms with Gasteiger partial charge >= 0.3 is 0 Å². The van der Waals surface area contributed by atoms with Gasteiger partial charge in [-0.1, -0.05) is 12.1 Å². The maximum atomic E-state index is 11.7. The molecule has 1 atom stereocenters. The van der Waals surface area contributed by atoms with Gasteiger partial charge in [0.05, 0.1) is 19.4 Å². The molecule has 2 N–H and O–H groups in total. The molecule has 1 heterocycles. The lowest BCUT2D eigenvalue weighted by atomic mass is 10.3. The predicted octanol–water partition coefficient (Wildman–Crippen LogP) is 0.534. The first-order chi connectivity index (χ1) is 9.48. The number of nitrogens with one attached hydrogen (secondary N) is 2. The minimum absolute atomic E-state index is 0.000556. The minimum Gasteiger partial charge on any atom is -0.497 e. The highest BCUT2D eigenvalue weighted by Gasteiger charge is 2.21. The van der Waals surface area contributed by atoms with Crippen molar-refractivity contribution in [2.75, 3.05) is 24.7 Å². The Balaban J connectivity index is 1.82. The van der Waals surface area contributed by atoms with E-state index in [0.717, 1.165) is 0 Å².